The average molecular weight is 427 g/mol. The molecule has 0 fully saturated rings. The highest BCUT2D eigenvalue weighted by molar-refractivity contribution is 7.92. The highest BCUT2D eigenvalue weighted by Crippen LogP contribution is 2.18. The molecule has 30 heavy (non-hydrogen) atoms. The fourth-order valence-electron chi connectivity index (χ4n) is 2.53. The van der Waals surface area contributed by atoms with E-state index in [0.29, 0.717) is 18.1 Å². The monoisotopic (exact) mass is 427 g/mol. The van der Waals surface area contributed by atoms with Crippen LogP contribution in [0.25, 0.3) is 6.08 Å². The van der Waals surface area contributed by atoms with Gasteiger partial charge in [0, 0.05) is 17.8 Å². The first-order valence-electron chi connectivity index (χ1n) is 9.14. The summed E-state index contributed by atoms with van der Waals surface area (Å²) in [6.07, 6.45) is 3.07. The van der Waals surface area contributed by atoms with E-state index < -0.39 is 10.0 Å². The maximum atomic E-state index is 12.4. The van der Waals surface area contributed by atoms with Gasteiger partial charge in [-0.2, -0.15) is 0 Å². The number of aryl methyl sites for hydroxylation is 1. The van der Waals surface area contributed by atoms with Crippen LogP contribution in [0.15, 0.2) is 70.1 Å². The maximum Gasteiger partial charge on any atom is 0.263 e. The van der Waals surface area contributed by atoms with Crippen LogP contribution in [0.4, 0.5) is 11.5 Å². The number of rotatable bonds is 8. The van der Waals surface area contributed by atoms with E-state index in [4.69, 9.17) is 9.26 Å². The van der Waals surface area contributed by atoms with E-state index >= 15 is 0 Å². The number of hydrogen-bond acceptors (Lipinski definition) is 6. The van der Waals surface area contributed by atoms with Crippen molar-refractivity contribution in [3.8, 4) is 5.75 Å². The molecule has 2 N–H and O–H groups in total. The summed E-state index contributed by atoms with van der Waals surface area (Å²) in [6.45, 7) is 4.16. The van der Waals surface area contributed by atoms with Gasteiger partial charge in [-0.25, -0.2) is 8.42 Å². The standard InChI is InChI=1S/C21H21N3O5S/c1-3-28-18-9-4-16(5-10-18)6-13-21(25)22-17-7-11-19(12-8-17)30(26,27)24-20-14-15(2)29-23-20/h4-14H,3H2,1-2H3,(H,22,25)(H,23,24)/b13-6+. The molecule has 0 saturated heterocycles. The third-order valence-electron chi connectivity index (χ3n) is 3.92. The summed E-state index contributed by atoms with van der Waals surface area (Å²) >= 11 is 0. The molecule has 0 radical (unpaired) electrons. The Morgan fingerprint density at radius 1 is 1.13 bits per heavy atom. The SMILES string of the molecule is CCOc1ccc(/C=C/C(=O)Nc2ccc(S(=O)(=O)Nc3cc(C)on3)cc2)cc1. The zero-order valence-electron chi connectivity index (χ0n) is 16.5. The maximum absolute atomic E-state index is 12.4. The molecule has 1 amide bonds. The molecule has 3 rings (SSSR count). The van der Waals surface area contributed by atoms with Gasteiger partial charge in [0.2, 0.25) is 5.91 Å². The van der Waals surface area contributed by atoms with Crippen LogP contribution in [0.2, 0.25) is 0 Å². The lowest BCUT2D eigenvalue weighted by Gasteiger charge is -2.07. The molecule has 0 saturated carbocycles. The summed E-state index contributed by atoms with van der Waals surface area (Å²) in [5.41, 5.74) is 1.32. The van der Waals surface area contributed by atoms with Crippen molar-refractivity contribution in [2.45, 2.75) is 18.7 Å². The largest absolute Gasteiger partial charge is 0.494 e. The Balaban J connectivity index is 1.60. The van der Waals surface area contributed by atoms with Crippen molar-refractivity contribution in [2.24, 2.45) is 0 Å². The summed E-state index contributed by atoms with van der Waals surface area (Å²) in [6, 6.07) is 14.6. The Bertz CT molecular complexity index is 1130. The van der Waals surface area contributed by atoms with Gasteiger partial charge in [0.1, 0.15) is 11.5 Å². The van der Waals surface area contributed by atoms with Crippen molar-refractivity contribution >= 4 is 33.5 Å². The van der Waals surface area contributed by atoms with Crippen LogP contribution in [0.5, 0.6) is 5.75 Å². The van der Waals surface area contributed by atoms with Crippen molar-refractivity contribution in [1.82, 2.24) is 5.16 Å². The van der Waals surface area contributed by atoms with E-state index in [2.05, 4.69) is 15.2 Å². The minimum atomic E-state index is -3.81. The molecule has 0 atom stereocenters. The fraction of sp³-hybridized carbons (Fsp3) is 0.143. The van der Waals surface area contributed by atoms with Gasteiger partial charge in [-0.15, -0.1) is 0 Å². The van der Waals surface area contributed by atoms with E-state index in [1.54, 1.807) is 13.0 Å². The molecule has 2 aromatic carbocycles. The summed E-state index contributed by atoms with van der Waals surface area (Å²) in [7, 11) is -3.81. The van der Waals surface area contributed by atoms with Gasteiger partial charge in [-0.1, -0.05) is 17.3 Å². The van der Waals surface area contributed by atoms with Gasteiger partial charge in [-0.3, -0.25) is 9.52 Å². The van der Waals surface area contributed by atoms with Crippen LogP contribution in [0.1, 0.15) is 18.2 Å². The van der Waals surface area contributed by atoms with Crippen LogP contribution < -0.4 is 14.8 Å². The molecule has 0 unspecified atom stereocenters. The number of sulfonamides is 1. The number of aromatic nitrogens is 1. The number of benzene rings is 2. The van der Waals surface area contributed by atoms with Crippen LogP contribution >= 0.6 is 0 Å². The van der Waals surface area contributed by atoms with Gasteiger partial charge in [-0.05, 0) is 61.9 Å². The second-order valence-corrected chi connectivity index (χ2v) is 7.96. The number of carbonyl (C=O) groups is 1. The molecule has 1 heterocycles. The fourth-order valence-corrected chi connectivity index (χ4v) is 3.51. The first-order chi connectivity index (χ1) is 14.4. The molecule has 0 spiro atoms. The highest BCUT2D eigenvalue weighted by atomic mass is 32.2. The lowest BCUT2D eigenvalue weighted by atomic mass is 10.2. The van der Waals surface area contributed by atoms with Gasteiger partial charge >= 0.3 is 0 Å². The topological polar surface area (TPSA) is 111 Å². The van der Waals surface area contributed by atoms with E-state index in [9.17, 15) is 13.2 Å². The highest BCUT2D eigenvalue weighted by Gasteiger charge is 2.16. The molecular weight excluding hydrogens is 406 g/mol. The smallest absolute Gasteiger partial charge is 0.263 e. The van der Waals surface area contributed by atoms with E-state index in [0.717, 1.165) is 11.3 Å². The lowest BCUT2D eigenvalue weighted by Crippen LogP contribution is -2.13. The molecule has 8 nitrogen and oxygen atoms in total. The number of ether oxygens (including phenoxy) is 1. The average Bonchev–Trinajstić information content (AvgIpc) is 3.12. The number of carbonyl (C=O) groups excluding carboxylic acids is 1. The van der Waals surface area contributed by atoms with E-state index in [1.807, 2.05) is 31.2 Å². The van der Waals surface area contributed by atoms with E-state index in [1.165, 1.54) is 36.4 Å². The van der Waals surface area contributed by atoms with Crippen LogP contribution in [0.3, 0.4) is 0 Å². The Morgan fingerprint density at radius 2 is 1.83 bits per heavy atom. The Hall–Kier alpha value is -3.59. The number of amides is 1. The molecule has 0 aliphatic carbocycles. The second kappa shape index (κ2) is 9.27. The molecule has 0 aliphatic rings. The van der Waals surface area contributed by atoms with Crippen molar-refractivity contribution in [3.63, 3.8) is 0 Å². The number of anilines is 2. The zero-order chi connectivity index (χ0) is 21.6. The summed E-state index contributed by atoms with van der Waals surface area (Å²) < 4.78 is 37.3. The Labute approximate surface area is 174 Å². The first-order valence-corrected chi connectivity index (χ1v) is 10.6. The summed E-state index contributed by atoms with van der Waals surface area (Å²) in [4.78, 5) is 12.1. The summed E-state index contributed by atoms with van der Waals surface area (Å²) in [5.74, 6) is 1.02. The van der Waals surface area contributed by atoms with Gasteiger partial charge in [0.25, 0.3) is 10.0 Å². The lowest BCUT2D eigenvalue weighted by molar-refractivity contribution is -0.111. The predicted molar refractivity (Wildman–Crippen MR) is 114 cm³/mol. The molecule has 1 aromatic heterocycles. The Morgan fingerprint density at radius 3 is 2.43 bits per heavy atom. The minimum Gasteiger partial charge on any atom is -0.494 e. The second-order valence-electron chi connectivity index (χ2n) is 6.28. The van der Waals surface area contributed by atoms with Crippen LogP contribution in [-0.2, 0) is 14.8 Å². The van der Waals surface area contributed by atoms with Crippen molar-refractivity contribution in [2.75, 3.05) is 16.6 Å². The number of nitrogens with one attached hydrogen (secondary N) is 2. The van der Waals surface area contributed by atoms with Crippen LogP contribution in [0, 0.1) is 6.92 Å². The molecule has 156 valence electrons. The van der Waals surface area contributed by atoms with Crippen molar-refractivity contribution in [1.29, 1.82) is 0 Å². The number of nitrogens with zero attached hydrogens (tertiary/aromatic N) is 1. The quantitative estimate of drug-likeness (QED) is 0.529. The van der Waals surface area contributed by atoms with Gasteiger partial charge in [0.15, 0.2) is 5.82 Å². The predicted octanol–water partition coefficient (Wildman–Crippen LogP) is 3.83. The first kappa shape index (κ1) is 21.1. The molecule has 9 heteroatoms. The van der Waals surface area contributed by atoms with E-state index in [-0.39, 0.29) is 16.6 Å². The van der Waals surface area contributed by atoms with Gasteiger partial charge < -0.3 is 14.6 Å². The van der Waals surface area contributed by atoms with Crippen molar-refractivity contribution in [3.05, 3.63) is 72.0 Å². The van der Waals surface area contributed by atoms with Gasteiger partial charge in [0.05, 0.1) is 11.5 Å². The minimum absolute atomic E-state index is 0.0334. The normalized spacial score (nSPS) is 11.4. The van der Waals surface area contributed by atoms with Crippen LogP contribution in [-0.4, -0.2) is 26.1 Å². The summed E-state index contributed by atoms with van der Waals surface area (Å²) in [5, 5.41) is 6.29. The zero-order valence-corrected chi connectivity index (χ0v) is 17.3. The molecule has 3 aromatic rings. The number of hydrogen-bond donors (Lipinski definition) is 2. The third-order valence-corrected chi connectivity index (χ3v) is 5.29. The molecular formula is C21H21N3O5S. The molecule has 0 bridgehead atoms. The Kier molecular flexibility index (Phi) is 6.53. The van der Waals surface area contributed by atoms with Crippen molar-refractivity contribution < 1.29 is 22.5 Å². The molecule has 0 aliphatic heterocycles. The third kappa shape index (κ3) is 5.71.